The number of aromatic nitrogens is 2. The molecule has 0 saturated carbocycles. The van der Waals surface area contributed by atoms with E-state index in [1.165, 1.54) is 16.2 Å². The Bertz CT molecular complexity index is 1480. The maximum Gasteiger partial charge on any atom is 0.290 e. The van der Waals surface area contributed by atoms with Crippen LogP contribution in [0.25, 0.3) is 10.6 Å². The van der Waals surface area contributed by atoms with Crippen molar-refractivity contribution in [3.05, 3.63) is 112 Å². The van der Waals surface area contributed by atoms with Crippen molar-refractivity contribution < 1.29 is 14.7 Å². The molecule has 2 aromatic carbocycles. The Hall–Kier alpha value is -4.30. The van der Waals surface area contributed by atoms with Crippen LogP contribution in [0.1, 0.15) is 32.5 Å². The highest BCUT2D eigenvalue weighted by Gasteiger charge is 2.44. The molecule has 186 valence electrons. The number of aliphatic hydroxyl groups is 1. The Labute approximate surface area is 219 Å². The molecule has 1 amide bonds. The molecule has 1 aliphatic heterocycles. The molecule has 2 aromatic heterocycles. The minimum Gasteiger partial charge on any atom is -0.503 e. The summed E-state index contributed by atoms with van der Waals surface area (Å²) in [6.45, 7) is 2.00. The van der Waals surface area contributed by atoms with Crippen molar-refractivity contribution in [3.63, 3.8) is 0 Å². The highest BCUT2D eigenvalue weighted by atomic mass is 32.1. The van der Waals surface area contributed by atoms with Gasteiger partial charge in [0.05, 0.1) is 22.2 Å². The zero-order valence-corrected chi connectivity index (χ0v) is 21.6. The molecule has 0 fully saturated rings. The van der Waals surface area contributed by atoms with E-state index in [-0.39, 0.29) is 17.9 Å². The van der Waals surface area contributed by atoms with E-state index in [9.17, 15) is 14.7 Å². The number of rotatable bonds is 7. The quantitative estimate of drug-likeness (QED) is 0.337. The van der Waals surface area contributed by atoms with Crippen molar-refractivity contribution in [2.45, 2.75) is 19.5 Å². The van der Waals surface area contributed by atoms with E-state index < -0.39 is 17.7 Å². The second-order valence-corrected chi connectivity index (χ2v) is 10.1. The van der Waals surface area contributed by atoms with E-state index in [0.717, 1.165) is 22.4 Å². The first-order valence-electron chi connectivity index (χ1n) is 11.8. The molecule has 5 rings (SSSR count). The Morgan fingerprint density at radius 1 is 1.03 bits per heavy atom. The summed E-state index contributed by atoms with van der Waals surface area (Å²) in [7, 11) is 3.89. The lowest BCUT2D eigenvalue weighted by molar-refractivity contribution is -0.130. The van der Waals surface area contributed by atoms with Gasteiger partial charge in [0.2, 0.25) is 5.78 Å². The molecule has 0 bridgehead atoms. The molecule has 8 heteroatoms. The number of hydrogen-bond donors (Lipinski definition) is 1. The lowest BCUT2D eigenvalue weighted by Gasteiger charge is -2.27. The van der Waals surface area contributed by atoms with E-state index >= 15 is 0 Å². The molecular formula is C29H26N4O3S. The van der Waals surface area contributed by atoms with Gasteiger partial charge in [-0.25, -0.2) is 4.98 Å². The average molecular weight is 511 g/mol. The number of aliphatic hydroxyl groups excluding tert-OH is 1. The molecule has 0 saturated heterocycles. The summed E-state index contributed by atoms with van der Waals surface area (Å²) in [5, 5.41) is 11.8. The van der Waals surface area contributed by atoms with Crippen LogP contribution in [-0.2, 0) is 11.3 Å². The highest BCUT2D eigenvalue weighted by Crippen LogP contribution is 2.42. The first-order chi connectivity index (χ1) is 17.8. The van der Waals surface area contributed by atoms with Gasteiger partial charge in [0.15, 0.2) is 5.76 Å². The van der Waals surface area contributed by atoms with Crippen molar-refractivity contribution in [2.24, 2.45) is 0 Å². The monoisotopic (exact) mass is 510 g/mol. The average Bonchev–Trinajstić information content (AvgIpc) is 3.42. The van der Waals surface area contributed by atoms with Crippen LogP contribution < -0.4 is 4.90 Å². The van der Waals surface area contributed by atoms with Gasteiger partial charge in [-0.3, -0.25) is 14.6 Å². The molecule has 3 heterocycles. The summed E-state index contributed by atoms with van der Waals surface area (Å²) < 4.78 is 0. The van der Waals surface area contributed by atoms with Crippen LogP contribution in [0, 0.1) is 6.92 Å². The lowest BCUT2D eigenvalue weighted by Crippen LogP contribution is -2.30. The fourth-order valence-electron chi connectivity index (χ4n) is 4.47. The topological polar surface area (TPSA) is 86.6 Å². The molecule has 1 unspecified atom stereocenters. The molecular weight excluding hydrogens is 484 g/mol. The standard InChI is InChI=1S/C29H26N4O3S/c1-18-27(37-28(31-18)21-7-5-4-6-8-21)25(34)23-24(20-9-11-22(12-10-20)32(2)3)33(29(36)26(23)35)17-19-13-15-30-16-14-19/h4-16,24,35H,17H2,1-3H3. The van der Waals surface area contributed by atoms with Gasteiger partial charge in [0, 0.05) is 44.3 Å². The fraction of sp³-hybridized carbons (Fsp3) is 0.172. The molecule has 1 aliphatic rings. The Kier molecular flexibility index (Phi) is 6.58. The Balaban J connectivity index is 1.58. The second-order valence-electron chi connectivity index (χ2n) is 9.07. The van der Waals surface area contributed by atoms with Gasteiger partial charge < -0.3 is 14.9 Å². The Morgan fingerprint density at radius 3 is 2.35 bits per heavy atom. The predicted molar refractivity (Wildman–Crippen MR) is 145 cm³/mol. The van der Waals surface area contributed by atoms with Gasteiger partial charge in [0.1, 0.15) is 5.01 Å². The van der Waals surface area contributed by atoms with Gasteiger partial charge in [-0.2, -0.15) is 0 Å². The third-order valence-corrected chi connectivity index (χ3v) is 7.60. The predicted octanol–water partition coefficient (Wildman–Crippen LogP) is 5.36. The summed E-state index contributed by atoms with van der Waals surface area (Å²) >= 11 is 1.27. The minimum absolute atomic E-state index is 0.0722. The zero-order chi connectivity index (χ0) is 26.1. The first kappa shape index (κ1) is 24.4. The van der Waals surface area contributed by atoms with Crippen molar-refractivity contribution >= 4 is 28.7 Å². The third kappa shape index (κ3) is 4.63. The van der Waals surface area contributed by atoms with Gasteiger partial charge in [-0.15, -0.1) is 11.3 Å². The molecule has 4 aromatic rings. The SMILES string of the molecule is Cc1nc(-c2ccccc2)sc1C(=O)C1=C(O)C(=O)N(Cc2ccncc2)C1c1ccc(N(C)C)cc1. The van der Waals surface area contributed by atoms with Gasteiger partial charge in [-0.1, -0.05) is 42.5 Å². The van der Waals surface area contributed by atoms with Crippen LogP contribution in [0.15, 0.2) is 90.5 Å². The van der Waals surface area contributed by atoms with Crippen LogP contribution in [0.3, 0.4) is 0 Å². The molecule has 1 N–H and O–H groups in total. The van der Waals surface area contributed by atoms with Crippen molar-refractivity contribution in [3.8, 4) is 10.6 Å². The number of carbonyl (C=O) groups excluding carboxylic acids is 2. The molecule has 1 atom stereocenters. The van der Waals surface area contributed by atoms with Gasteiger partial charge in [-0.05, 0) is 42.3 Å². The van der Waals surface area contributed by atoms with Crippen molar-refractivity contribution in [2.75, 3.05) is 19.0 Å². The number of benzene rings is 2. The highest BCUT2D eigenvalue weighted by molar-refractivity contribution is 7.17. The number of thiazole rings is 1. The van der Waals surface area contributed by atoms with Crippen LogP contribution in [0.4, 0.5) is 5.69 Å². The van der Waals surface area contributed by atoms with E-state index in [2.05, 4.69) is 9.97 Å². The molecule has 37 heavy (non-hydrogen) atoms. The van der Waals surface area contributed by atoms with Crippen molar-refractivity contribution in [1.29, 1.82) is 0 Å². The normalized spacial score (nSPS) is 15.4. The largest absolute Gasteiger partial charge is 0.503 e. The smallest absolute Gasteiger partial charge is 0.290 e. The van der Waals surface area contributed by atoms with E-state index in [0.29, 0.717) is 15.6 Å². The van der Waals surface area contributed by atoms with E-state index in [1.54, 1.807) is 19.3 Å². The maximum absolute atomic E-state index is 14.0. The number of nitrogens with zero attached hydrogens (tertiary/aromatic N) is 4. The summed E-state index contributed by atoms with van der Waals surface area (Å²) in [5.41, 5.74) is 4.12. The van der Waals surface area contributed by atoms with Gasteiger partial charge in [0.25, 0.3) is 5.91 Å². The fourth-order valence-corrected chi connectivity index (χ4v) is 5.49. The summed E-state index contributed by atoms with van der Waals surface area (Å²) in [6, 6.07) is 20.2. The minimum atomic E-state index is -0.744. The lowest BCUT2D eigenvalue weighted by atomic mass is 9.94. The zero-order valence-electron chi connectivity index (χ0n) is 20.8. The van der Waals surface area contributed by atoms with Gasteiger partial charge >= 0.3 is 0 Å². The summed E-state index contributed by atoms with van der Waals surface area (Å²) in [4.78, 5) is 39.9. The number of amides is 1. The van der Waals surface area contributed by atoms with Crippen molar-refractivity contribution in [1.82, 2.24) is 14.9 Å². The molecule has 0 aliphatic carbocycles. The molecule has 7 nitrogen and oxygen atoms in total. The number of Topliss-reactive ketones (excluding diaryl/α,β-unsaturated/α-hetero) is 1. The van der Waals surface area contributed by atoms with Crippen LogP contribution in [-0.4, -0.2) is 45.8 Å². The summed E-state index contributed by atoms with van der Waals surface area (Å²) in [6.07, 6.45) is 3.31. The number of carbonyl (C=O) groups is 2. The molecule has 0 spiro atoms. The Morgan fingerprint density at radius 2 is 1.70 bits per heavy atom. The number of pyridine rings is 1. The number of anilines is 1. The van der Waals surface area contributed by atoms with E-state index in [1.807, 2.05) is 85.7 Å². The maximum atomic E-state index is 14.0. The first-order valence-corrected chi connectivity index (χ1v) is 12.6. The van der Waals surface area contributed by atoms with Crippen LogP contribution >= 0.6 is 11.3 Å². The molecule has 0 radical (unpaired) electrons. The third-order valence-electron chi connectivity index (χ3n) is 6.40. The van der Waals surface area contributed by atoms with Crippen LogP contribution in [0.2, 0.25) is 0 Å². The van der Waals surface area contributed by atoms with E-state index in [4.69, 9.17) is 0 Å². The second kappa shape index (κ2) is 9.99. The number of hydrogen-bond acceptors (Lipinski definition) is 7. The number of ketones is 1. The summed E-state index contributed by atoms with van der Waals surface area (Å²) in [5.74, 6) is -1.48. The van der Waals surface area contributed by atoms with Crippen LogP contribution in [0.5, 0.6) is 0 Å². The number of aryl methyl sites for hydroxylation is 1.